The van der Waals surface area contributed by atoms with E-state index in [9.17, 15) is 0 Å². The van der Waals surface area contributed by atoms with Crippen LogP contribution in [0.4, 0.5) is 0 Å². The smallest absolute Gasteiger partial charge is 0.129 e. The van der Waals surface area contributed by atoms with Crippen LogP contribution in [0.15, 0.2) is 24.4 Å². The van der Waals surface area contributed by atoms with E-state index in [1.54, 1.807) is 7.11 Å². The van der Waals surface area contributed by atoms with Crippen LogP contribution >= 0.6 is 0 Å². The highest BCUT2D eigenvalue weighted by Crippen LogP contribution is 2.41. The van der Waals surface area contributed by atoms with Crippen molar-refractivity contribution < 1.29 is 9.47 Å². The van der Waals surface area contributed by atoms with Crippen LogP contribution in [0.2, 0.25) is 0 Å². The molecule has 5 heteroatoms. The molecule has 0 amide bonds. The number of nitrogens with two attached hydrogens (primary N) is 1. The molecule has 2 heterocycles. The van der Waals surface area contributed by atoms with Gasteiger partial charge < -0.3 is 15.2 Å². The number of rotatable bonds is 2. The van der Waals surface area contributed by atoms with Gasteiger partial charge in [0.15, 0.2) is 0 Å². The quantitative estimate of drug-likeness (QED) is 0.911. The van der Waals surface area contributed by atoms with E-state index in [0.717, 1.165) is 34.7 Å². The molecule has 0 aliphatic carbocycles. The average molecular weight is 273 g/mol. The van der Waals surface area contributed by atoms with Crippen molar-refractivity contribution in [2.45, 2.75) is 25.5 Å². The third-order valence-electron chi connectivity index (χ3n) is 3.75. The van der Waals surface area contributed by atoms with Gasteiger partial charge in [0.1, 0.15) is 17.6 Å². The molecule has 2 aromatic rings. The Kier molecular flexibility index (Phi) is 3.14. The summed E-state index contributed by atoms with van der Waals surface area (Å²) < 4.78 is 13.1. The number of fused-ring (bicyclic) bond motifs is 1. The van der Waals surface area contributed by atoms with E-state index in [2.05, 4.69) is 5.10 Å². The maximum Gasteiger partial charge on any atom is 0.129 e. The van der Waals surface area contributed by atoms with Crippen molar-refractivity contribution in [1.29, 1.82) is 0 Å². The molecule has 2 N–H and O–H groups in total. The zero-order valence-electron chi connectivity index (χ0n) is 12.0. The summed E-state index contributed by atoms with van der Waals surface area (Å²) in [5, 5.41) is 4.37. The van der Waals surface area contributed by atoms with Gasteiger partial charge in [0.05, 0.1) is 12.8 Å². The van der Waals surface area contributed by atoms with Gasteiger partial charge in [-0.15, -0.1) is 0 Å². The predicted octanol–water partition coefficient (Wildman–Crippen LogP) is 2.26. The van der Waals surface area contributed by atoms with Crippen molar-refractivity contribution in [2.24, 2.45) is 12.8 Å². The molecule has 0 radical (unpaired) electrons. The lowest BCUT2D eigenvalue weighted by Gasteiger charge is -2.30. The molecule has 3 rings (SSSR count). The maximum atomic E-state index is 6.29. The Hall–Kier alpha value is -2.01. The molecule has 1 aliphatic heterocycles. The molecule has 0 fully saturated rings. The zero-order valence-corrected chi connectivity index (χ0v) is 12.0. The Balaban J connectivity index is 1.94. The van der Waals surface area contributed by atoms with Gasteiger partial charge >= 0.3 is 0 Å². The predicted molar refractivity (Wildman–Crippen MR) is 75.9 cm³/mol. The van der Waals surface area contributed by atoms with E-state index in [0.29, 0.717) is 0 Å². The van der Waals surface area contributed by atoms with E-state index in [1.807, 2.05) is 43.0 Å². The van der Waals surface area contributed by atoms with E-state index in [-0.39, 0.29) is 12.1 Å². The maximum absolute atomic E-state index is 6.29. The van der Waals surface area contributed by atoms with Crippen molar-refractivity contribution in [3.05, 3.63) is 41.2 Å². The van der Waals surface area contributed by atoms with E-state index in [4.69, 9.17) is 15.2 Å². The Morgan fingerprint density at radius 2 is 2.20 bits per heavy atom. The van der Waals surface area contributed by atoms with Gasteiger partial charge in [0.2, 0.25) is 0 Å². The lowest BCUT2D eigenvalue weighted by Crippen LogP contribution is -2.24. The fourth-order valence-electron chi connectivity index (χ4n) is 2.73. The summed E-state index contributed by atoms with van der Waals surface area (Å²) in [5.74, 6) is 1.64. The summed E-state index contributed by atoms with van der Waals surface area (Å²) in [7, 11) is 3.57. The van der Waals surface area contributed by atoms with Crippen LogP contribution in [0.25, 0.3) is 0 Å². The number of aryl methyl sites for hydroxylation is 2. The average Bonchev–Trinajstić information content (AvgIpc) is 2.77. The Bertz CT molecular complexity index is 636. The van der Waals surface area contributed by atoms with Crippen LogP contribution in [0.5, 0.6) is 11.5 Å². The second-order valence-electron chi connectivity index (χ2n) is 5.20. The van der Waals surface area contributed by atoms with Crippen molar-refractivity contribution in [3.8, 4) is 11.5 Å². The summed E-state index contributed by atoms with van der Waals surface area (Å²) >= 11 is 0. The van der Waals surface area contributed by atoms with Crippen LogP contribution in [-0.4, -0.2) is 16.9 Å². The minimum atomic E-state index is -0.0570. The number of methoxy groups -OCH3 is 1. The fraction of sp³-hybridized carbons (Fsp3) is 0.400. The van der Waals surface area contributed by atoms with Gasteiger partial charge in [-0.2, -0.15) is 5.10 Å². The Labute approximate surface area is 118 Å². The lowest BCUT2D eigenvalue weighted by molar-refractivity contribution is 0.160. The van der Waals surface area contributed by atoms with Gasteiger partial charge in [-0.25, -0.2) is 0 Å². The van der Waals surface area contributed by atoms with Gasteiger partial charge in [-0.05, 0) is 25.1 Å². The highest BCUT2D eigenvalue weighted by molar-refractivity contribution is 5.44. The molecule has 1 aliphatic rings. The molecule has 1 aromatic heterocycles. The molecular weight excluding hydrogens is 254 g/mol. The molecule has 5 nitrogen and oxygen atoms in total. The number of benzene rings is 1. The molecular formula is C15H19N3O2. The monoisotopic (exact) mass is 273 g/mol. The summed E-state index contributed by atoms with van der Waals surface area (Å²) in [6.07, 6.45) is 2.70. The number of aromatic nitrogens is 2. The third-order valence-corrected chi connectivity index (χ3v) is 3.75. The topological polar surface area (TPSA) is 62.3 Å². The summed E-state index contributed by atoms with van der Waals surface area (Å²) in [6.45, 7) is 1.99. The first-order valence-corrected chi connectivity index (χ1v) is 6.69. The summed E-state index contributed by atoms with van der Waals surface area (Å²) in [6, 6.07) is 5.71. The van der Waals surface area contributed by atoms with Crippen molar-refractivity contribution in [3.63, 3.8) is 0 Å². The van der Waals surface area contributed by atoms with Crippen LogP contribution in [0.1, 0.15) is 35.4 Å². The van der Waals surface area contributed by atoms with Crippen molar-refractivity contribution in [1.82, 2.24) is 9.78 Å². The summed E-state index contributed by atoms with van der Waals surface area (Å²) in [5.41, 5.74) is 9.38. The SMILES string of the molecule is COc1ccc2c(c1)C(N)CC(c1cn(C)nc1C)O2. The molecule has 0 bridgehead atoms. The molecule has 1 aromatic carbocycles. The molecule has 0 spiro atoms. The van der Waals surface area contributed by atoms with Crippen molar-refractivity contribution in [2.75, 3.05) is 7.11 Å². The zero-order chi connectivity index (χ0) is 14.3. The van der Waals surface area contributed by atoms with Crippen LogP contribution < -0.4 is 15.2 Å². The molecule has 0 saturated carbocycles. The minimum Gasteiger partial charge on any atom is -0.497 e. The minimum absolute atomic E-state index is 0.0420. The largest absolute Gasteiger partial charge is 0.497 e. The van der Waals surface area contributed by atoms with E-state index in [1.165, 1.54) is 0 Å². The lowest BCUT2D eigenvalue weighted by atomic mass is 9.94. The van der Waals surface area contributed by atoms with Crippen LogP contribution in [0, 0.1) is 6.92 Å². The molecule has 2 atom stereocenters. The van der Waals surface area contributed by atoms with Gasteiger partial charge in [0.25, 0.3) is 0 Å². The Morgan fingerprint density at radius 3 is 2.85 bits per heavy atom. The van der Waals surface area contributed by atoms with Crippen LogP contribution in [-0.2, 0) is 7.05 Å². The van der Waals surface area contributed by atoms with E-state index < -0.39 is 0 Å². The van der Waals surface area contributed by atoms with Gasteiger partial charge in [-0.3, -0.25) is 4.68 Å². The molecule has 106 valence electrons. The second-order valence-corrected chi connectivity index (χ2v) is 5.20. The normalized spacial score (nSPS) is 21.2. The van der Waals surface area contributed by atoms with Gasteiger partial charge in [0, 0.05) is 36.8 Å². The first kappa shape index (κ1) is 13.0. The molecule has 2 unspecified atom stereocenters. The second kappa shape index (κ2) is 4.83. The number of nitrogens with zero attached hydrogens (tertiary/aromatic N) is 2. The highest BCUT2D eigenvalue weighted by atomic mass is 16.5. The third kappa shape index (κ3) is 2.14. The standard InChI is InChI=1S/C15H19N3O2/c1-9-12(8-18(2)17-9)15-7-13(16)11-6-10(19-3)4-5-14(11)20-15/h4-6,8,13,15H,7,16H2,1-3H3. The first-order chi connectivity index (χ1) is 9.58. The highest BCUT2D eigenvalue weighted by Gasteiger charge is 2.29. The fourth-order valence-corrected chi connectivity index (χ4v) is 2.73. The Morgan fingerprint density at radius 1 is 1.40 bits per heavy atom. The summed E-state index contributed by atoms with van der Waals surface area (Å²) in [4.78, 5) is 0. The number of hydrogen-bond donors (Lipinski definition) is 1. The first-order valence-electron chi connectivity index (χ1n) is 6.69. The van der Waals surface area contributed by atoms with Crippen molar-refractivity contribution >= 4 is 0 Å². The molecule has 0 saturated heterocycles. The number of hydrogen-bond acceptors (Lipinski definition) is 4. The van der Waals surface area contributed by atoms with E-state index >= 15 is 0 Å². The van der Waals surface area contributed by atoms with Crippen LogP contribution in [0.3, 0.4) is 0 Å². The number of ether oxygens (including phenoxy) is 2. The molecule has 20 heavy (non-hydrogen) atoms. The van der Waals surface area contributed by atoms with Gasteiger partial charge in [-0.1, -0.05) is 0 Å².